The molecule has 1 aromatic carbocycles. The fourth-order valence-corrected chi connectivity index (χ4v) is 3.09. The van der Waals surface area contributed by atoms with Gasteiger partial charge >= 0.3 is 6.18 Å². The van der Waals surface area contributed by atoms with E-state index in [9.17, 15) is 18.0 Å². The van der Waals surface area contributed by atoms with E-state index in [4.69, 9.17) is 4.74 Å². The monoisotopic (exact) mass is 357 g/mol. The Morgan fingerprint density at radius 3 is 2.38 bits per heavy atom. The molecule has 0 radical (unpaired) electrons. The summed E-state index contributed by atoms with van der Waals surface area (Å²) >= 11 is 1.56. The first-order valence-corrected chi connectivity index (χ1v) is 8.28. The van der Waals surface area contributed by atoms with E-state index in [1.165, 1.54) is 12.1 Å². The Bertz CT molecular complexity index is 651. The Hall–Kier alpha value is -2.02. The van der Waals surface area contributed by atoms with Crippen LogP contribution in [0.5, 0.6) is 5.75 Å². The number of nitrogens with one attached hydrogen (secondary N) is 1. The molecule has 0 fully saturated rings. The van der Waals surface area contributed by atoms with E-state index in [1.54, 1.807) is 11.3 Å². The van der Waals surface area contributed by atoms with E-state index in [0.29, 0.717) is 0 Å². The largest absolute Gasteiger partial charge is 0.484 e. The van der Waals surface area contributed by atoms with Gasteiger partial charge in [-0.15, -0.1) is 11.3 Å². The summed E-state index contributed by atoms with van der Waals surface area (Å²) in [5, 5.41) is 4.83. The van der Waals surface area contributed by atoms with Gasteiger partial charge in [0.1, 0.15) is 5.75 Å². The highest BCUT2D eigenvalue weighted by atomic mass is 32.1. The minimum atomic E-state index is -4.39. The number of carbonyl (C=O) groups excluding carboxylic acids is 1. The second-order valence-corrected chi connectivity index (χ2v) is 6.59. The van der Waals surface area contributed by atoms with Crippen molar-refractivity contribution in [2.75, 3.05) is 6.61 Å². The van der Waals surface area contributed by atoms with Crippen LogP contribution in [-0.4, -0.2) is 12.5 Å². The zero-order chi connectivity index (χ0) is 17.7. The first-order valence-electron chi connectivity index (χ1n) is 7.40. The van der Waals surface area contributed by atoms with Crippen LogP contribution in [0.1, 0.15) is 30.3 Å². The second-order valence-electron chi connectivity index (χ2n) is 5.62. The number of carbonyl (C=O) groups is 1. The van der Waals surface area contributed by atoms with Gasteiger partial charge in [-0.05, 0) is 41.6 Å². The topological polar surface area (TPSA) is 38.3 Å². The number of halogens is 3. The molecule has 0 aliphatic rings. The Kier molecular flexibility index (Phi) is 5.88. The maximum absolute atomic E-state index is 12.5. The van der Waals surface area contributed by atoms with Gasteiger partial charge < -0.3 is 10.1 Å². The molecule has 0 saturated carbocycles. The molecule has 1 unspecified atom stereocenters. The molecule has 0 saturated heterocycles. The standard InChI is InChI=1S/C17H18F3NO2S/c1-11(2)16(14-4-3-9-24-14)21-15(22)10-23-13-7-5-12(6-8-13)17(18,19)20/h3-9,11,16H,10H2,1-2H3,(H,21,22). The molecule has 1 heterocycles. The molecule has 0 spiro atoms. The van der Waals surface area contributed by atoms with E-state index >= 15 is 0 Å². The molecule has 0 aliphatic heterocycles. The molecule has 0 aliphatic carbocycles. The van der Waals surface area contributed by atoms with E-state index in [-0.39, 0.29) is 30.2 Å². The summed E-state index contributed by atoms with van der Waals surface area (Å²) in [6.07, 6.45) is -4.39. The van der Waals surface area contributed by atoms with Crippen molar-refractivity contribution in [3.05, 3.63) is 52.2 Å². The second kappa shape index (κ2) is 7.70. The molecular formula is C17H18F3NO2S. The zero-order valence-corrected chi connectivity index (χ0v) is 14.1. The van der Waals surface area contributed by atoms with Gasteiger partial charge in [-0.1, -0.05) is 19.9 Å². The van der Waals surface area contributed by atoms with Crippen molar-refractivity contribution in [3.8, 4) is 5.75 Å². The fourth-order valence-electron chi connectivity index (χ4n) is 2.14. The zero-order valence-electron chi connectivity index (χ0n) is 13.3. The molecule has 24 heavy (non-hydrogen) atoms. The van der Waals surface area contributed by atoms with Gasteiger partial charge in [0.15, 0.2) is 6.61 Å². The third kappa shape index (κ3) is 4.99. The van der Waals surface area contributed by atoms with Crippen LogP contribution in [0.3, 0.4) is 0 Å². The SMILES string of the molecule is CC(C)C(NC(=O)COc1ccc(C(F)(F)F)cc1)c1cccs1. The number of alkyl halides is 3. The summed E-state index contributed by atoms with van der Waals surface area (Å²) in [7, 11) is 0. The highest BCUT2D eigenvalue weighted by molar-refractivity contribution is 7.10. The van der Waals surface area contributed by atoms with E-state index < -0.39 is 11.7 Å². The van der Waals surface area contributed by atoms with Crippen LogP contribution in [0.4, 0.5) is 13.2 Å². The van der Waals surface area contributed by atoms with Gasteiger partial charge in [0.2, 0.25) is 0 Å². The van der Waals surface area contributed by atoms with Crippen molar-refractivity contribution in [2.45, 2.75) is 26.1 Å². The normalized spacial score (nSPS) is 12.9. The van der Waals surface area contributed by atoms with Gasteiger partial charge in [-0.3, -0.25) is 4.79 Å². The predicted molar refractivity (Wildman–Crippen MR) is 87.0 cm³/mol. The first kappa shape index (κ1) is 18.3. The Labute approximate surface area is 142 Å². The van der Waals surface area contributed by atoms with E-state index in [0.717, 1.165) is 17.0 Å². The average Bonchev–Trinajstić information content (AvgIpc) is 3.04. The molecule has 130 valence electrons. The van der Waals surface area contributed by atoms with Crippen LogP contribution in [0.25, 0.3) is 0 Å². The van der Waals surface area contributed by atoms with Crippen molar-refractivity contribution in [1.82, 2.24) is 5.32 Å². The molecule has 0 bridgehead atoms. The molecule has 1 atom stereocenters. The van der Waals surface area contributed by atoms with Gasteiger partial charge in [0, 0.05) is 4.88 Å². The lowest BCUT2D eigenvalue weighted by atomic mass is 10.0. The molecule has 1 aromatic heterocycles. The lowest BCUT2D eigenvalue weighted by Gasteiger charge is -2.21. The Morgan fingerprint density at radius 2 is 1.88 bits per heavy atom. The molecule has 2 rings (SSSR count). The van der Waals surface area contributed by atoms with Gasteiger partial charge in [0.05, 0.1) is 11.6 Å². The van der Waals surface area contributed by atoms with Crippen LogP contribution in [-0.2, 0) is 11.0 Å². The van der Waals surface area contributed by atoms with Crippen LogP contribution < -0.4 is 10.1 Å². The number of amides is 1. The number of thiophene rings is 1. The van der Waals surface area contributed by atoms with E-state index in [1.807, 2.05) is 31.4 Å². The smallest absolute Gasteiger partial charge is 0.416 e. The Balaban J connectivity index is 1.90. The number of hydrogen-bond acceptors (Lipinski definition) is 3. The minimum Gasteiger partial charge on any atom is -0.484 e. The van der Waals surface area contributed by atoms with Crippen LogP contribution >= 0.6 is 11.3 Å². The summed E-state index contributed by atoms with van der Waals surface area (Å²) in [6, 6.07) is 8.01. The van der Waals surface area contributed by atoms with Crippen molar-refractivity contribution >= 4 is 17.2 Å². The highest BCUT2D eigenvalue weighted by Gasteiger charge is 2.30. The maximum atomic E-state index is 12.5. The first-order chi connectivity index (χ1) is 11.3. The van der Waals surface area contributed by atoms with Crippen molar-refractivity contribution in [1.29, 1.82) is 0 Å². The molecule has 3 nitrogen and oxygen atoms in total. The highest BCUT2D eigenvalue weighted by Crippen LogP contribution is 2.30. The van der Waals surface area contributed by atoms with Gasteiger partial charge in [-0.2, -0.15) is 13.2 Å². The fraction of sp³-hybridized carbons (Fsp3) is 0.353. The summed E-state index contributed by atoms with van der Waals surface area (Å²) < 4.78 is 42.7. The molecule has 7 heteroatoms. The molecular weight excluding hydrogens is 339 g/mol. The quantitative estimate of drug-likeness (QED) is 0.817. The van der Waals surface area contributed by atoms with Crippen LogP contribution in [0.2, 0.25) is 0 Å². The third-order valence-corrected chi connectivity index (χ3v) is 4.34. The van der Waals surface area contributed by atoms with Crippen LogP contribution in [0.15, 0.2) is 41.8 Å². The third-order valence-electron chi connectivity index (χ3n) is 3.38. The lowest BCUT2D eigenvalue weighted by Crippen LogP contribution is -2.34. The maximum Gasteiger partial charge on any atom is 0.416 e. The van der Waals surface area contributed by atoms with Gasteiger partial charge in [0.25, 0.3) is 5.91 Å². The Morgan fingerprint density at radius 1 is 1.21 bits per heavy atom. The molecule has 2 aromatic rings. The number of benzene rings is 1. The number of hydrogen-bond donors (Lipinski definition) is 1. The number of ether oxygens (including phenoxy) is 1. The summed E-state index contributed by atoms with van der Waals surface area (Å²) in [5.41, 5.74) is -0.753. The molecule has 1 amide bonds. The minimum absolute atomic E-state index is 0.117. The van der Waals surface area contributed by atoms with Crippen molar-refractivity contribution in [2.24, 2.45) is 5.92 Å². The summed E-state index contributed by atoms with van der Waals surface area (Å²) in [6.45, 7) is 3.75. The van der Waals surface area contributed by atoms with Crippen molar-refractivity contribution in [3.63, 3.8) is 0 Å². The number of rotatable bonds is 6. The average molecular weight is 357 g/mol. The van der Waals surface area contributed by atoms with E-state index in [2.05, 4.69) is 5.32 Å². The van der Waals surface area contributed by atoms with Crippen molar-refractivity contribution < 1.29 is 22.7 Å². The summed E-state index contributed by atoms with van der Waals surface area (Å²) in [5.74, 6) is 0.107. The summed E-state index contributed by atoms with van der Waals surface area (Å²) in [4.78, 5) is 13.1. The lowest BCUT2D eigenvalue weighted by molar-refractivity contribution is -0.137. The van der Waals surface area contributed by atoms with Crippen LogP contribution in [0, 0.1) is 5.92 Å². The molecule has 1 N–H and O–H groups in total. The predicted octanol–water partition coefficient (Wildman–Crippen LogP) is 4.66. The van der Waals surface area contributed by atoms with Gasteiger partial charge in [-0.25, -0.2) is 0 Å².